The van der Waals surface area contributed by atoms with E-state index in [2.05, 4.69) is 0 Å². The summed E-state index contributed by atoms with van der Waals surface area (Å²) in [5, 5.41) is 0. The minimum absolute atomic E-state index is 0.0265. The Balaban J connectivity index is 4.47. The van der Waals surface area contributed by atoms with Crippen molar-refractivity contribution < 1.29 is 42.1 Å². The average molecular weight is 653 g/mol. The molecule has 0 bridgehead atoms. The molecule has 2 atom stereocenters. The summed E-state index contributed by atoms with van der Waals surface area (Å²) in [5.74, 6) is -0.833. The van der Waals surface area contributed by atoms with Gasteiger partial charge in [-0.3, -0.25) is 18.6 Å². The molecule has 11 nitrogen and oxygen atoms in total. The smallest absolute Gasteiger partial charge is 0.462 e. The number of rotatable bonds is 32. The highest BCUT2D eigenvalue weighted by atomic mass is 31.2. The van der Waals surface area contributed by atoms with Crippen LogP contribution in [-0.2, 0) is 32.7 Å². The summed E-state index contributed by atoms with van der Waals surface area (Å²) in [4.78, 5) is 34.9. The largest absolute Gasteiger partial charge is 0.472 e. The Bertz CT molecular complexity index is 752. The molecule has 0 aromatic heterocycles. The van der Waals surface area contributed by atoms with Crippen molar-refractivity contribution in [2.24, 2.45) is 11.5 Å². The quantitative estimate of drug-likeness (QED) is 0.0340. The number of hydrogen-bond acceptors (Lipinski definition) is 9. The molecule has 0 saturated carbocycles. The van der Waals surface area contributed by atoms with Crippen LogP contribution in [-0.4, -0.2) is 88.0 Å². The Hall–Kier alpha value is -1.07. The second-order valence-corrected chi connectivity index (χ2v) is 14.3. The molecule has 0 heterocycles. The highest BCUT2D eigenvalue weighted by Crippen LogP contribution is 2.43. The van der Waals surface area contributed by atoms with E-state index in [4.69, 9.17) is 30.0 Å². The van der Waals surface area contributed by atoms with Gasteiger partial charge in [0.05, 0.1) is 27.7 Å². The Morgan fingerprint density at radius 2 is 1.05 bits per heavy atom. The molecule has 44 heavy (non-hydrogen) atoms. The molecule has 2 unspecified atom stereocenters. The fourth-order valence-corrected chi connectivity index (χ4v) is 5.31. The average Bonchev–Trinajstić information content (AvgIpc) is 2.95. The number of phosphoric ester groups is 1. The minimum atomic E-state index is -4.36. The molecule has 0 aromatic rings. The number of carbonyl (C=O) groups is 2. The number of nitrogens with two attached hydrogens (primary N) is 2. The van der Waals surface area contributed by atoms with Gasteiger partial charge in [-0.1, -0.05) is 89.9 Å². The molecular weight excluding hydrogens is 585 g/mol. The van der Waals surface area contributed by atoms with E-state index in [0.29, 0.717) is 17.4 Å². The zero-order valence-electron chi connectivity index (χ0n) is 28.3. The second-order valence-electron chi connectivity index (χ2n) is 12.8. The lowest BCUT2D eigenvalue weighted by Gasteiger charge is -2.24. The van der Waals surface area contributed by atoms with Crippen molar-refractivity contribution in [3.63, 3.8) is 0 Å². The molecule has 0 aliphatic carbocycles. The number of nitrogens with zero attached hydrogens (tertiary/aromatic N) is 1. The summed E-state index contributed by atoms with van der Waals surface area (Å²) in [6.45, 7) is 1.40. The van der Waals surface area contributed by atoms with Crippen LogP contribution in [0.5, 0.6) is 0 Å². The first kappa shape index (κ1) is 42.9. The number of quaternary nitrogens is 1. The van der Waals surface area contributed by atoms with Crippen LogP contribution in [0.25, 0.3) is 0 Å². The van der Waals surface area contributed by atoms with Crippen LogP contribution in [0.4, 0.5) is 0 Å². The fourth-order valence-electron chi connectivity index (χ4n) is 4.57. The number of ether oxygens (including phenoxy) is 2. The monoisotopic (exact) mass is 652 g/mol. The SMILES string of the molecule is C[N+](C)(C)CCOP(=O)(O)OCC(COC(=O)CCCCCCCCCCCN)OC(=O)CCCCCCCCCCCN. The molecule has 0 aromatic carbocycles. The van der Waals surface area contributed by atoms with Crippen LogP contribution >= 0.6 is 7.82 Å². The van der Waals surface area contributed by atoms with Gasteiger partial charge in [-0.2, -0.15) is 0 Å². The van der Waals surface area contributed by atoms with E-state index in [-0.39, 0.29) is 32.0 Å². The van der Waals surface area contributed by atoms with Crippen LogP contribution in [0.1, 0.15) is 128 Å². The number of phosphoric acid groups is 1. The molecule has 12 heteroatoms. The molecule has 0 spiro atoms. The number of esters is 2. The van der Waals surface area contributed by atoms with Crippen LogP contribution in [0.3, 0.4) is 0 Å². The fraction of sp³-hybridized carbons (Fsp3) is 0.938. The lowest BCUT2D eigenvalue weighted by Crippen LogP contribution is -2.37. The van der Waals surface area contributed by atoms with Crippen molar-refractivity contribution in [1.82, 2.24) is 0 Å². The molecule has 0 saturated heterocycles. The topological polar surface area (TPSA) is 160 Å². The molecule has 5 N–H and O–H groups in total. The Morgan fingerprint density at radius 1 is 0.636 bits per heavy atom. The van der Waals surface area contributed by atoms with Crippen molar-refractivity contribution in [3.8, 4) is 0 Å². The predicted molar refractivity (Wildman–Crippen MR) is 176 cm³/mol. The first-order valence-electron chi connectivity index (χ1n) is 17.2. The number of hydrogen-bond donors (Lipinski definition) is 3. The molecule has 0 aliphatic heterocycles. The number of unbranched alkanes of at least 4 members (excludes halogenated alkanes) is 16. The zero-order chi connectivity index (χ0) is 32.9. The van der Waals surface area contributed by atoms with Gasteiger partial charge in [0.2, 0.25) is 0 Å². The maximum Gasteiger partial charge on any atom is 0.472 e. The van der Waals surface area contributed by atoms with Crippen LogP contribution in [0.15, 0.2) is 0 Å². The van der Waals surface area contributed by atoms with Crippen molar-refractivity contribution >= 4 is 19.8 Å². The normalized spacial score (nSPS) is 13.9. The summed E-state index contributed by atoms with van der Waals surface area (Å²) < 4.78 is 33.9. The summed E-state index contributed by atoms with van der Waals surface area (Å²) in [6, 6.07) is 0. The van der Waals surface area contributed by atoms with Crippen LogP contribution in [0, 0.1) is 0 Å². The first-order valence-corrected chi connectivity index (χ1v) is 18.7. The molecule has 0 fully saturated rings. The van der Waals surface area contributed by atoms with Gasteiger partial charge in [0.15, 0.2) is 6.10 Å². The van der Waals surface area contributed by atoms with Gasteiger partial charge >= 0.3 is 19.8 Å². The van der Waals surface area contributed by atoms with Crippen molar-refractivity contribution in [3.05, 3.63) is 0 Å². The van der Waals surface area contributed by atoms with Crippen molar-refractivity contribution in [1.29, 1.82) is 0 Å². The number of carbonyl (C=O) groups excluding carboxylic acids is 2. The molecule has 262 valence electrons. The molecular formula is C32H67N3O8P+. The van der Waals surface area contributed by atoms with Crippen molar-refractivity contribution in [2.45, 2.75) is 135 Å². The highest BCUT2D eigenvalue weighted by molar-refractivity contribution is 7.47. The highest BCUT2D eigenvalue weighted by Gasteiger charge is 2.27. The zero-order valence-corrected chi connectivity index (χ0v) is 29.2. The van der Waals surface area contributed by atoms with E-state index in [1.54, 1.807) is 0 Å². The van der Waals surface area contributed by atoms with E-state index in [9.17, 15) is 19.0 Å². The van der Waals surface area contributed by atoms with Gasteiger partial charge < -0.3 is 30.3 Å². The van der Waals surface area contributed by atoms with Gasteiger partial charge in [0.25, 0.3) is 0 Å². The summed E-state index contributed by atoms with van der Waals surface area (Å²) in [7, 11) is 1.45. The van der Waals surface area contributed by atoms with E-state index >= 15 is 0 Å². The predicted octanol–water partition coefficient (Wildman–Crippen LogP) is 6.00. The van der Waals surface area contributed by atoms with E-state index < -0.39 is 26.5 Å². The lowest BCUT2D eigenvalue weighted by molar-refractivity contribution is -0.870. The second kappa shape index (κ2) is 28.2. The lowest BCUT2D eigenvalue weighted by atomic mass is 10.1. The molecule has 0 rings (SSSR count). The summed E-state index contributed by atoms with van der Waals surface area (Å²) in [5.41, 5.74) is 11.0. The Labute approximate surface area is 268 Å². The summed E-state index contributed by atoms with van der Waals surface area (Å²) in [6.07, 6.45) is 19.1. The van der Waals surface area contributed by atoms with Crippen molar-refractivity contribution in [2.75, 3.05) is 60.6 Å². The minimum Gasteiger partial charge on any atom is -0.462 e. The third kappa shape index (κ3) is 30.9. The third-order valence-corrected chi connectivity index (χ3v) is 8.32. The first-order chi connectivity index (χ1) is 21.0. The van der Waals surface area contributed by atoms with Gasteiger partial charge in [-0.25, -0.2) is 4.57 Å². The van der Waals surface area contributed by atoms with Gasteiger partial charge in [0, 0.05) is 12.8 Å². The molecule has 0 amide bonds. The third-order valence-electron chi connectivity index (χ3n) is 7.34. The standard InChI is InChI=1S/C32H66N3O8P/c1-35(2,3)26-27-41-44(38,39)42-29-30(43-32(37)23-19-15-11-7-5-9-13-17-21-25-34)28-40-31(36)22-18-14-10-6-4-8-12-16-20-24-33/h30H,4-29,33-34H2,1-3H3/p+1. The van der Waals surface area contributed by atoms with Crippen LogP contribution in [0.2, 0.25) is 0 Å². The van der Waals surface area contributed by atoms with E-state index in [1.807, 2.05) is 21.1 Å². The molecule has 0 aliphatic rings. The van der Waals surface area contributed by atoms with Gasteiger partial charge in [0.1, 0.15) is 19.8 Å². The van der Waals surface area contributed by atoms with Crippen LogP contribution < -0.4 is 11.5 Å². The van der Waals surface area contributed by atoms with Gasteiger partial charge in [-0.15, -0.1) is 0 Å². The van der Waals surface area contributed by atoms with E-state index in [1.165, 1.54) is 51.4 Å². The van der Waals surface area contributed by atoms with Gasteiger partial charge in [-0.05, 0) is 38.8 Å². The summed E-state index contributed by atoms with van der Waals surface area (Å²) >= 11 is 0. The maximum atomic E-state index is 12.5. The Morgan fingerprint density at radius 3 is 1.48 bits per heavy atom. The number of likely N-dealkylation sites (N-methyl/N-ethyl adjacent to an activating group) is 1. The maximum absolute atomic E-state index is 12.5. The van der Waals surface area contributed by atoms with E-state index in [0.717, 1.165) is 70.9 Å². The Kier molecular flexibility index (Phi) is 27.5. The molecule has 0 radical (unpaired) electrons.